The molecule has 92 valence electrons. The molecule has 0 amide bonds. The lowest BCUT2D eigenvalue weighted by Crippen LogP contribution is -2.07. The first kappa shape index (κ1) is 11.9. The van der Waals surface area contributed by atoms with Gasteiger partial charge in [-0.2, -0.15) is 0 Å². The Hall–Kier alpha value is -1.58. The quantitative estimate of drug-likeness (QED) is 0.626. The number of nitrogens with zero attached hydrogens (tertiary/aromatic N) is 1. The molecule has 0 radical (unpaired) electrons. The van der Waals surface area contributed by atoms with Gasteiger partial charge in [0.2, 0.25) is 0 Å². The van der Waals surface area contributed by atoms with Crippen LogP contribution in [-0.2, 0) is 0 Å². The van der Waals surface area contributed by atoms with Crippen molar-refractivity contribution in [2.75, 3.05) is 5.32 Å². The summed E-state index contributed by atoms with van der Waals surface area (Å²) < 4.78 is 0. The van der Waals surface area contributed by atoms with Gasteiger partial charge in [0, 0.05) is 11.6 Å². The molecule has 4 heteroatoms. The summed E-state index contributed by atoms with van der Waals surface area (Å²) in [5.41, 5.74) is 1.60. The van der Waals surface area contributed by atoms with Crippen molar-refractivity contribution in [1.82, 2.24) is 0 Å². The minimum absolute atomic E-state index is 0.217. The van der Waals surface area contributed by atoms with Gasteiger partial charge < -0.3 is 5.32 Å². The Bertz CT molecular complexity index is 431. The fraction of sp³-hybridized carbons (Fsp3) is 0.538. The normalized spacial score (nSPS) is 22.2. The van der Waals surface area contributed by atoms with Crippen molar-refractivity contribution in [2.24, 2.45) is 5.92 Å². The molecule has 0 aromatic heterocycles. The topological polar surface area (TPSA) is 55.2 Å². The van der Waals surface area contributed by atoms with E-state index in [0.717, 1.165) is 6.42 Å². The molecule has 0 aliphatic heterocycles. The summed E-state index contributed by atoms with van der Waals surface area (Å²) in [5, 5.41) is 14.3. The number of rotatable bonds is 5. The molecular formula is C13H18N2O2. The first-order valence-corrected chi connectivity index (χ1v) is 6.14. The second-order valence-electron chi connectivity index (χ2n) is 4.76. The van der Waals surface area contributed by atoms with Crippen LogP contribution in [0.1, 0.15) is 31.7 Å². The fourth-order valence-corrected chi connectivity index (χ4v) is 2.33. The molecule has 2 rings (SSSR count). The molecular weight excluding hydrogens is 216 g/mol. The SMILES string of the molecule is CCCC1CC1Nc1cccc(C)c1[N+](=O)[O-]. The Morgan fingerprint density at radius 3 is 2.94 bits per heavy atom. The zero-order valence-electron chi connectivity index (χ0n) is 10.3. The minimum atomic E-state index is -0.297. The van der Waals surface area contributed by atoms with Gasteiger partial charge in [-0.15, -0.1) is 0 Å². The molecule has 1 aromatic rings. The predicted molar refractivity (Wildman–Crippen MR) is 68.3 cm³/mol. The van der Waals surface area contributed by atoms with Crippen LogP contribution in [0.2, 0.25) is 0 Å². The third-order valence-corrected chi connectivity index (χ3v) is 3.34. The van der Waals surface area contributed by atoms with Crippen LogP contribution in [0.15, 0.2) is 18.2 Å². The highest BCUT2D eigenvalue weighted by molar-refractivity contribution is 5.65. The number of aryl methyl sites for hydroxylation is 1. The van der Waals surface area contributed by atoms with E-state index in [4.69, 9.17) is 0 Å². The van der Waals surface area contributed by atoms with Gasteiger partial charge in [0.25, 0.3) is 5.69 Å². The molecule has 1 aliphatic carbocycles. The van der Waals surface area contributed by atoms with Gasteiger partial charge in [-0.25, -0.2) is 0 Å². The zero-order valence-corrected chi connectivity index (χ0v) is 10.3. The number of hydrogen-bond acceptors (Lipinski definition) is 3. The molecule has 2 atom stereocenters. The summed E-state index contributed by atoms with van der Waals surface area (Å²) in [6, 6.07) is 5.86. The van der Waals surface area contributed by atoms with E-state index in [1.807, 2.05) is 6.07 Å². The summed E-state index contributed by atoms with van der Waals surface area (Å²) in [6.07, 6.45) is 3.52. The summed E-state index contributed by atoms with van der Waals surface area (Å²) in [4.78, 5) is 10.7. The number of nitro benzene ring substituents is 1. The van der Waals surface area contributed by atoms with Crippen LogP contribution >= 0.6 is 0 Å². The van der Waals surface area contributed by atoms with Crippen LogP contribution in [0.3, 0.4) is 0 Å². The molecule has 0 saturated heterocycles. The smallest absolute Gasteiger partial charge is 0.295 e. The third kappa shape index (κ3) is 2.57. The molecule has 1 aliphatic rings. The van der Waals surface area contributed by atoms with Crippen LogP contribution < -0.4 is 5.32 Å². The Balaban J connectivity index is 2.11. The van der Waals surface area contributed by atoms with Gasteiger partial charge in [0.1, 0.15) is 5.69 Å². The van der Waals surface area contributed by atoms with Crippen LogP contribution in [0, 0.1) is 23.0 Å². The molecule has 1 fully saturated rings. The molecule has 1 N–H and O–H groups in total. The van der Waals surface area contributed by atoms with E-state index in [1.165, 1.54) is 12.8 Å². The van der Waals surface area contributed by atoms with E-state index in [-0.39, 0.29) is 10.6 Å². The largest absolute Gasteiger partial charge is 0.376 e. The van der Waals surface area contributed by atoms with E-state index < -0.39 is 0 Å². The van der Waals surface area contributed by atoms with Gasteiger partial charge >= 0.3 is 0 Å². The molecule has 0 heterocycles. The van der Waals surface area contributed by atoms with E-state index in [0.29, 0.717) is 23.2 Å². The summed E-state index contributed by atoms with van der Waals surface area (Å²) >= 11 is 0. The lowest BCUT2D eigenvalue weighted by molar-refractivity contribution is -0.384. The van der Waals surface area contributed by atoms with Gasteiger partial charge in [-0.3, -0.25) is 10.1 Å². The van der Waals surface area contributed by atoms with E-state index in [9.17, 15) is 10.1 Å². The van der Waals surface area contributed by atoms with Crippen molar-refractivity contribution in [3.05, 3.63) is 33.9 Å². The van der Waals surface area contributed by atoms with Gasteiger partial charge in [-0.05, 0) is 31.7 Å². The predicted octanol–water partition coefficient (Wildman–Crippen LogP) is 3.50. The van der Waals surface area contributed by atoms with Crippen LogP contribution in [0.5, 0.6) is 0 Å². The number of anilines is 1. The van der Waals surface area contributed by atoms with E-state index in [2.05, 4.69) is 12.2 Å². The number of para-hydroxylation sites is 1. The highest BCUT2D eigenvalue weighted by Crippen LogP contribution is 2.39. The maximum absolute atomic E-state index is 11.0. The van der Waals surface area contributed by atoms with Crippen molar-refractivity contribution in [1.29, 1.82) is 0 Å². The second-order valence-corrected chi connectivity index (χ2v) is 4.76. The summed E-state index contributed by atoms with van der Waals surface area (Å²) in [7, 11) is 0. The number of nitrogens with one attached hydrogen (secondary N) is 1. The van der Waals surface area contributed by atoms with Crippen molar-refractivity contribution in [3.8, 4) is 0 Å². The molecule has 2 unspecified atom stereocenters. The lowest BCUT2D eigenvalue weighted by Gasteiger charge is -2.08. The van der Waals surface area contributed by atoms with Crippen molar-refractivity contribution in [3.63, 3.8) is 0 Å². The Kier molecular flexibility index (Phi) is 3.31. The Morgan fingerprint density at radius 1 is 1.53 bits per heavy atom. The van der Waals surface area contributed by atoms with Gasteiger partial charge in [-0.1, -0.05) is 25.5 Å². The first-order chi connectivity index (χ1) is 8.13. The van der Waals surface area contributed by atoms with E-state index >= 15 is 0 Å². The third-order valence-electron chi connectivity index (χ3n) is 3.34. The van der Waals surface area contributed by atoms with E-state index in [1.54, 1.807) is 19.1 Å². The maximum Gasteiger partial charge on any atom is 0.295 e. The van der Waals surface area contributed by atoms with Crippen LogP contribution in [0.25, 0.3) is 0 Å². The monoisotopic (exact) mass is 234 g/mol. The minimum Gasteiger partial charge on any atom is -0.376 e. The zero-order chi connectivity index (χ0) is 12.4. The summed E-state index contributed by atoms with van der Waals surface area (Å²) in [6.45, 7) is 3.95. The van der Waals surface area contributed by atoms with Gasteiger partial charge in [0.15, 0.2) is 0 Å². The van der Waals surface area contributed by atoms with Crippen LogP contribution in [-0.4, -0.2) is 11.0 Å². The molecule has 4 nitrogen and oxygen atoms in total. The second kappa shape index (κ2) is 4.73. The van der Waals surface area contributed by atoms with Crippen molar-refractivity contribution in [2.45, 2.75) is 39.2 Å². The maximum atomic E-state index is 11.0. The molecule has 0 bridgehead atoms. The van der Waals surface area contributed by atoms with Crippen molar-refractivity contribution >= 4 is 11.4 Å². The average molecular weight is 234 g/mol. The van der Waals surface area contributed by atoms with Crippen LogP contribution in [0.4, 0.5) is 11.4 Å². The summed E-state index contributed by atoms with van der Waals surface area (Å²) in [5.74, 6) is 0.695. The molecule has 1 aromatic carbocycles. The highest BCUT2D eigenvalue weighted by Gasteiger charge is 2.37. The molecule has 17 heavy (non-hydrogen) atoms. The standard InChI is InChI=1S/C13H18N2O2/c1-3-5-10-8-12(10)14-11-7-4-6-9(2)13(11)15(16)17/h4,6-7,10,12,14H,3,5,8H2,1-2H3. The Labute approximate surface area is 101 Å². The van der Waals surface area contributed by atoms with Gasteiger partial charge in [0.05, 0.1) is 4.92 Å². The fourth-order valence-electron chi connectivity index (χ4n) is 2.33. The number of nitro groups is 1. The van der Waals surface area contributed by atoms with Crippen molar-refractivity contribution < 1.29 is 4.92 Å². The molecule has 1 saturated carbocycles. The Morgan fingerprint density at radius 2 is 2.29 bits per heavy atom. The highest BCUT2D eigenvalue weighted by atomic mass is 16.6. The average Bonchev–Trinajstić information content (AvgIpc) is 2.96. The lowest BCUT2D eigenvalue weighted by atomic mass is 10.1. The molecule has 0 spiro atoms. The number of benzene rings is 1. The number of hydrogen-bond donors (Lipinski definition) is 1. The first-order valence-electron chi connectivity index (χ1n) is 6.14.